The first-order chi connectivity index (χ1) is 19.1. The second kappa shape index (κ2) is 9.83. The number of hydrogen-bond donors (Lipinski definition) is 2. The normalized spacial score (nSPS) is 14.4. The van der Waals surface area contributed by atoms with Crippen LogP contribution in [0.5, 0.6) is 0 Å². The molecule has 9 heteroatoms. The van der Waals surface area contributed by atoms with Gasteiger partial charge in [0.15, 0.2) is 17.3 Å². The van der Waals surface area contributed by atoms with E-state index in [2.05, 4.69) is 42.2 Å². The van der Waals surface area contributed by atoms with Gasteiger partial charge in [0.2, 0.25) is 0 Å². The topological polar surface area (TPSA) is 103 Å². The van der Waals surface area contributed by atoms with Crippen molar-refractivity contribution in [3.05, 3.63) is 71.5 Å². The number of rotatable bonds is 6. The molecule has 0 unspecified atom stereocenters. The molecule has 194 valence electrons. The van der Waals surface area contributed by atoms with Gasteiger partial charge in [-0.15, -0.1) is 11.3 Å². The van der Waals surface area contributed by atoms with Crippen molar-refractivity contribution in [3.8, 4) is 33.1 Å². The number of thiophene rings is 1. The van der Waals surface area contributed by atoms with Crippen molar-refractivity contribution in [1.82, 2.24) is 35.0 Å². The summed E-state index contributed by atoms with van der Waals surface area (Å²) in [7, 11) is 0. The summed E-state index contributed by atoms with van der Waals surface area (Å²) in [6.45, 7) is 4.82. The average molecular weight is 534 g/mol. The van der Waals surface area contributed by atoms with Crippen LogP contribution in [-0.2, 0) is 6.54 Å². The molecule has 1 aliphatic rings. The molecule has 39 heavy (non-hydrogen) atoms. The number of H-pyrrole nitrogens is 2. The number of aromatic amines is 2. The van der Waals surface area contributed by atoms with Gasteiger partial charge in [-0.25, -0.2) is 9.97 Å². The minimum Gasteiger partial charge on any atom is -0.337 e. The Morgan fingerprint density at radius 3 is 2.74 bits per heavy atom. The van der Waals surface area contributed by atoms with Crippen LogP contribution in [0.25, 0.3) is 55.2 Å². The zero-order valence-electron chi connectivity index (χ0n) is 21.6. The smallest absolute Gasteiger partial charge is 0.169 e. The number of hydrogen-bond acceptors (Lipinski definition) is 7. The van der Waals surface area contributed by atoms with Gasteiger partial charge in [-0.2, -0.15) is 5.10 Å². The molecule has 1 fully saturated rings. The van der Waals surface area contributed by atoms with Crippen molar-refractivity contribution in [2.24, 2.45) is 0 Å². The van der Waals surface area contributed by atoms with E-state index in [0.29, 0.717) is 11.5 Å². The Balaban J connectivity index is 1.25. The van der Waals surface area contributed by atoms with Gasteiger partial charge >= 0.3 is 0 Å². The average Bonchev–Trinajstić information content (AvgIpc) is 3.71. The maximum absolute atomic E-state index is 11.8. The molecule has 7 rings (SSSR count). The molecule has 1 saturated heterocycles. The summed E-state index contributed by atoms with van der Waals surface area (Å²) < 4.78 is 0. The molecule has 0 radical (unpaired) electrons. The van der Waals surface area contributed by atoms with Crippen molar-refractivity contribution in [3.63, 3.8) is 0 Å². The van der Waals surface area contributed by atoms with Crippen molar-refractivity contribution < 1.29 is 4.79 Å². The largest absolute Gasteiger partial charge is 0.337 e. The van der Waals surface area contributed by atoms with Crippen LogP contribution in [0.4, 0.5) is 0 Å². The lowest BCUT2D eigenvalue weighted by Crippen LogP contribution is -2.29. The Morgan fingerprint density at radius 2 is 1.90 bits per heavy atom. The van der Waals surface area contributed by atoms with Crippen LogP contribution < -0.4 is 0 Å². The van der Waals surface area contributed by atoms with Crippen molar-refractivity contribution >= 4 is 39.2 Å². The molecule has 0 bridgehead atoms. The van der Waals surface area contributed by atoms with Crippen LogP contribution in [0.2, 0.25) is 0 Å². The van der Waals surface area contributed by atoms with E-state index >= 15 is 0 Å². The summed E-state index contributed by atoms with van der Waals surface area (Å²) in [6.07, 6.45) is 9.60. The van der Waals surface area contributed by atoms with E-state index in [9.17, 15) is 4.79 Å². The first kappa shape index (κ1) is 23.9. The lowest BCUT2D eigenvalue weighted by Gasteiger charge is -2.26. The van der Waals surface area contributed by atoms with Gasteiger partial charge in [-0.1, -0.05) is 18.6 Å². The lowest BCUT2D eigenvalue weighted by atomic mass is 10.1. The number of pyridine rings is 2. The zero-order valence-corrected chi connectivity index (χ0v) is 22.4. The molecule has 8 nitrogen and oxygen atoms in total. The van der Waals surface area contributed by atoms with Crippen LogP contribution in [-0.4, -0.2) is 53.9 Å². The molecule has 1 aliphatic heterocycles. The highest BCUT2D eigenvalue weighted by atomic mass is 32.1. The summed E-state index contributed by atoms with van der Waals surface area (Å²) in [5.41, 5.74) is 7.42. The third-order valence-corrected chi connectivity index (χ3v) is 8.57. The fourth-order valence-electron chi connectivity index (χ4n) is 5.36. The Hall–Kier alpha value is -4.21. The van der Waals surface area contributed by atoms with E-state index in [4.69, 9.17) is 4.98 Å². The molecule has 6 aromatic rings. The van der Waals surface area contributed by atoms with E-state index in [0.717, 1.165) is 68.2 Å². The minimum absolute atomic E-state index is 0.0691. The van der Waals surface area contributed by atoms with Gasteiger partial charge < -0.3 is 4.98 Å². The Labute approximate surface area is 229 Å². The number of piperidine rings is 1. The van der Waals surface area contributed by atoms with Gasteiger partial charge in [-0.3, -0.25) is 19.8 Å². The number of carbonyl (C=O) groups is 1. The van der Waals surface area contributed by atoms with Crippen molar-refractivity contribution in [2.75, 3.05) is 13.1 Å². The number of carbonyl (C=O) groups excluding carboxylic acids is 1. The van der Waals surface area contributed by atoms with Gasteiger partial charge in [0.05, 0.1) is 21.3 Å². The minimum atomic E-state index is 0.0691. The predicted octanol–water partition coefficient (Wildman–Crippen LogP) is 6.48. The molecule has 6 heterocycles. The van der Waals surface area contributed by atoms with E-state index < -0.39 is 0 Å². The van der Waals surface area contributed by atoms with Crippen LogP contribution in [0, 0.1) is 0 Å². The standard InChI is InChI=1S/C30H27N7OS/c1-18(38)25-8-9-26(39-25)22-6-5-7-24-27(22)34-30(33-24)28-23-13-21(16-32-29(23)36-35-28)20-12-19(14-31-15-20)17-37-10-3-2-4-11-37/h5-9,12-16H,2-4,10-11,17H2,1H3,(H,33,34)(H,32,35,36). The van der Waals surface area contributed by atoms with E-state index in [1.165, 1.54) is 36.2 Å². The summed E-state index contributed by atoms with van der Waals surface area (Å²) >= 11 is 1.49. The highest BCUT2D eigenvalue weighted by Crippen LogP contribution is 2.35. The number of para-hydroxylation sites is 1. The fraction of sp³-hybridized carbons (Fsp3) is 0.233. The molecule has 0 spiro atoms. The zero-order chi connectivity index (χ0) is 26.3. The predicted molar refractivity (Wildman–Crippen MR) is 155 cm³/mol. The lowest BCUT2D eigenvalue weighted by molar-refractivity contribution is 0.102. The second-order valence-electron chi connectivity index (χ2n) is 10.1. The molecular formula is C30H27N7OS. The molecule has 0 atom stereocenters. The van der Waals surface area contributed by atoms with Crippen molar-refractivity contribution in [1.29, 1.82) is 0 Å². The first-order valence-corrected chi connectivity index (χ1v) is 14.0. The summed E-state index contributed by atoms with van der Waals surface area (Å²) in [4.78, 5) is 33.7. The first-order valence-electron chi connectivity index (χ1n) is 13.2. The summed E-state index contributed by atoms with van der Waals surface area (Å²) in [6, 6.07) is 14.2. The van der Waals surface area contributed by atoms with Crippen LogP contribution >= 0.6 is 11.3 Å². The molecule has 0 saturated carbocycles. The number of nitrogens with one attached hydrogen (secondary N) is 2. The Kier molecular flexibility index (Phi) is 6.02. The summed E-state index contributed by atoms with van der Waals surface area (Å²) in [5, 5.41) is 8.53. The van der Waals surface area contributed by atoms with E-state index in [1.807, 2.05) is 48.9 Å². The number of aromatic nitrogens is 6. The van der Waals surface area contributed by atoms with Gasteiger partial charge in [0.1, 0.15) is 5.69 Å². The third-order valence-electron chi connectivity index (χ3n) is 7.35. The maximum atomic E-state index is 11.8. The van der Waals surface area contributed by atoms with Crippen LogP contribution in [0.15, 0.2) is 61.1 Å². The van der Waals surface area contributed by atoms with Crippen LogP contribution in [0.3, 0.4) is 0 Å². The van der Waals surface area contributed by atoms with Crippen molar-refractivity contribution in [2.45, 2.75) is 32.7 Å². The highest BCUT2D eigenvalue weighted by Gasteiger charge is 2.18. The van der Waals surface area contributed by atoms with Gasteiger partial charge in [0, 0.05) is 46.7 Å². The quantitative estimate of drug-likeness (QED) is 0.238. The highest BCUT2D eigenvalue weighted by molar-refractivity contribution is 7.17. The number of likely N-dealkylation sites (tertiary alicyclic amines) is 1. The molecule has 2 N–H and O–H groups in total. The molecule has 0 amide bonds. The number of nitrogens with zero attached hydrogens (tertiary/aromatic N) is 5. The molecule has 1 aromatic carbocycles. The van der Waals surface area contributed by atoms with E-state index in [-0.39, 0.29) is 5.78 Å². The fourth-order valence-corrected chi connectivity index (χ4v) is 6.29. The number of fused-ring (bicyclic) bond motifs is 2. The van der Waals surface area contributed by atoms with Crippen LogP contribution in [0.1, 0.15) is 41.4 Å². The number of Topliss-reactive ketones (excluding diaryl/α,β-unsaturated/α-hetero) is 1. The molecule has 0 aliphatic carbocycles. The number of imidazole rings is 1. The SMILES string of the molecule is CC(=O)c1ccc(-c2cccc3[nH]c(-c4n[nH]c5ncc(-c6cncc(CN7CCCCC7)c6)cc45)nc23)s1. The maximum Gasteiger partial charge on any atom is 0.169 e. The number of benzene rings is 1. The third kappa shape index (κ3) is 4.53. The number of ketones is 1. The van der Waals surface area contributed by atoms with Gasteiger partial charge in [-0.05, 0) is 68.8 Å². The monoisotopic (exact) mass is 533 g/mol. The Bertz CT molecular complexity index is 1830. The Morgan fingerprint density at radius 1 is 1.03 bits per heavy atom. The van der Waals surface area contributed by atoms with Gasteiger partial charge in [0.25, 0.3) is 0 Å². The second-order valence-corrected chi connectivity index (χ2v) is 11.2. The van der Waals surface area contributed by atoms with E-state index in [1.54, 1.807) is 6.92 Å². The molecule has 5 aromatic heterocycles. The summed E-state index contributed by atoms with van der Waals surface area (Å²) in [5.74, 6) is 0.739. The molecular weight excluding hydrogens is 506 g/mol.